The summed E-state index contributed by atoms with van der Waals surface area (Å²) in [6.07, 6.45) is 0.890. The maximum absolute atomic E-state index is 14.0. The Balaban J connectivity index is 1.36. The minimum absolute atomic E-state index is 0.0911. The molecule has 3 aromatic carbocycles. The van der Waals surface area contributed by atoms with E-state index in [0.717, 1.165) is 52.7 Å². The van der Waals surface area contributed by atoms with Gasteiger partial charge in [0, 0.05) is 30.3 Å². The molecule has 0 saturated carbocycles. The molecule has 1 aliphatic heterocycles. The molecule has 36 heavy (non-hydrogen) atoms. The van der Waals surface area contributed by atoms with Gasteiger partial charge in [0.1, 0.15) is 4.83 Å². The van der Waals surface area contributed by atoms with Crippen LogP contribution in [0.3, 0.4) is 0 Å². The smallest absolute Gasteiger partial charge is 0.263 e. The van der Waals surface area contributed by atoms with E-state index in [-0.39, 0.29) is 5.56 Å². The van der Waals surface area contributed by atoms with Crippen LogP contribution >= 0.6 is 23.1 Å². The van der Waals surface area contributed by atoms with E-state index in [9.17, 15) is 4.79 Å². The number of fused-ring (bicyclic) bond motifs is 3. The van der Waals surface area contributed by atoms with Gasteiger partial charge in [0.2, 0.25) is 0 Å². The standard InChI is InChI=1S/C30H27N3OS2/c34-29-27-25-16-17-32(18-22-10-4-1-5-11-22)20-26(25)36-28(27)31-30(35-21-24-14-8-3-9-15-24)33(29)19-23-12-6-2-7-13-23/h1-15H,16-21H2. The van der Waals surface area contributed by atoms with Gasteiger partial charge in [-0.2, -0.15) is 0 Å². The Hall–Kier alpha value is -3.19. The molecule has 0 bridgehead atoms. The van der Waals surface area contributed by atoms with Crippen molar-refractivity contribution in [2.45, 2.75) is 37.0 Å². The van der Waals surface area contributed by atoms with E-state index in [0.29, 0.717) is 6.54 Å². The Bertz CT molecular complexity index is 1530. The summed E-state index contributed by atoms with van der Waals surface area (Å²) in [5.41, 5.74) is 4.96. The highest BCUT2D eigenvalue weighted by atomic mass is 32.2. The lowest BCUT2D eigenvalue weighted by atomic mass is 10.0. The second kappa shape index (κ2) is 10.4. The number of nitrogens with zero attached hydrogens (tertiary/aromatic N) is 3. The first kappa shape index (κ1) is 23.2. The molecule has 0 radical (unpaired) electrons. The fraction of sp³-hybridized carbons (Fsp3) is 0.200. The van der Waals surface area contributed by atoms with E-state index >= 15 is 0 Å². The molecule has 0 atom stereocenters. The molecule has 2 aromatic heterocycles. The van der Waals surface area contributed by atoms with E-state index in [4.69, 9.17) is 4.98 Å². The first-order valence-corrected chi connectivity index (χ1v) is 14.1. The maximum atomic E-state index is 14.0. The van der Waals surface area contributed by atoms with Gasteiger partial charge >= 0.3 is 0 Å². The summed E-state index contributed by atoms with van der Waals surface area (Å²) < 4.78 is 1.88. The molecular formula is C30H27N3OS2. The molecule has 0 amide bonds. The third-order valence-corrected chi connectivity index (χ3v) is 8.81. The first-order valence-electron chi connectivity index (χ1n) is 12.3. The Morgan fingerprint density at radius 3 is 2.08 bits per heavy atom. The monoisotopic (exact) mass is 509 g/mol. The van der Waals surface area contributed by atoms with Crippen LogP contribution < -0.4 is 5.56 Å². The largest absolute Gasteiger partial charge is 0.294 e. The molecule has 3 heterocycles. The quantitative estimate of drug-likeness (QED) is 0.189. The van der Waals surface area contributed by atoms with Crippen LogP contribution in [0.5, 0.6) is 0 Å². The average molecular weight is 510 g/mol. The molecule has 4 nitrogen and oxygen atoms in total. The van der Waals surface area contributed by atoms with E-state index in [2.05, 4.69) is 71.6 Å². The molecule has 0 fully saturated rings. The molecule has 0 saturated heterocycles. The summed E-state index contributed by atoms with van der Waals surface area (Å²) in [6, 6.07) is 31.2. The molecule has 5 aromatic rings. The minimum Gasteiger partial charge on any atom is -0.294 e. The van der Waals surface area contributed by atoms with Crippen LogP contribution in [-0.4, -0.2) is 21.0 Å². The molecule has 6 heteroatoms. The van der Waals surface area contributed by atoms with Gasteiger partial charge in [-0.05, 0) is 28.7 Å². The molecule has 0 spiro atoms. The normalized spacial score (nSPS) is 13.7. The van der Waals surface area contributed by atoms with Gasteiger partial charge in [-0.25, -0.2) is 4.98 Å². The lowest BCUT2D eigenvalue weighted by molar-refractivity contribution is 0.249. The van der Waals surface area contributed by atoms with Crippen LogP contribution in [0.4, 0.5) is 0 Å². The summed E-state index contributed by atoms with van der Waals surface area (Å²) in [5.74, 6) is 0.781. The zero-order chi connectivity index (χ0) is 24.3. The Kier molecular flexibility index (Phi) is 6.73. The zero-order valence-corrected chi connectivity index (χ0v) is 21.6. The number of hydrogen-bond donors (Lipinski definition) is 0. The van der Waals surface area contributed by atoms with Crippen LogP contribution in [0.1, 0.15) is 27.1 Å². The molecule has 0 N–H and O–H groups in total. The molecule has 6 rings (SSSR count). The van der Waals surface area contributed by atoms with Crippen LogP contribution in [0.25, 0.3) is 10.2 Å². The van der Waals surface area contributed by atoms with E-state index in [1.165, 1.54) is 21.6 Å². The molecule has 180 valence electrons. The van der Waals surface area contributed by atoms with Gasteiger partial charge in [0.05, 0.1) is 11.9 Å². The van der Waals surface area contributed by atoms with Crippen molar-refractivity contribution < 1.29 is 0 Å². The summed E-state index contributed by atoms with van der Waals surface area (Å²) >= 11 is 3.34. The fourth-order valence-corrected chi connectivity index (χ4v) is 7.08. The Morgan fingerprint density at radius 2 is 1.42 bits per heavy atom. The van der Waals surface area contributed by atoms with Gasteiger partial charge < -0.3 is 0 Å². The third kappa shape index (κ3) is 4.89. The van der Waals surface area contributed by atoms with Gasteiger partial charge in [-0.1, -0.05) is 103 Å². The minimum atomic E-state index is 0.0911. The van der Waals surface area contributed by atoms with Gasteiger partial charge in [-0.15, -0.1) is 11.3 Å². The predicted molar refractivity (Wildman–Crippen MR) is 150 cm³/mol. The van der Waals surface area contributed by atoms with Gasteiger partial charge in [0.25, 0.3) is 5.56 Å². The van der Waals surface area contributed by atoms with Crippen molar-refractivity contribution in [1.29, 1.82) is 0 Å². The number of aromatic nitrogens is 2. The lowest BCUT2D eigenvalue weighted by Gasteiger charge is -2.26. The summed E-state index contributed by atoms with van der Waals surface area (Å²) in [6.45, 7) is 3.29. The maximum Gasteiger partial charge on any atom is 0.263 e. The van der Waals surface area contributed by atoms with Crippen molar-refractivity contribution >= 4 is 33.3 Å². The Morgan fingerprint density at radius 1 is 0.806 bits per heavy atom. The molecular weight excluding hydrogens is 482 g/mol. The third-order valence-electron chi connectivity index (χ3n) is 6.65. The summed E-state index contributed by atoms with van der Waals surface area (Å²) in [7, 11) is 0. The highest BCUT2D eigenvalue weighted by Crippen LogP contribution is 2.34. The van der Waals surface area contributed by atoms with Crippen molar-refractivity contribution in [3.8, 4) is 0 Å². The van der Waals surface area contributed by atoms with E-state index in [1.54, 1.807) is 23.1 Å². The van der Waals surface area contributed by atoms with E-state index < -0.39 is 0 Å². The highest BCUT2D eigenvalue weighted by Gasteiger charge is 2.25. The zero-order valence-electron chi connectivity index (χ0n) is 20.0. The second-order valence-corrected chi connectivity index (χ2v) is 11.2. The number of hydrogen-bond acceptors (Lipinski definition) is 5. The van der Waals surface area contributed by atoms with Crippen molar-refractivity contribution in [2.75, 3.05) is 6.54 Å². The Labute approximate surface area is 219 Å². The number of thioether (sulfide) groups is 1. The van der Waals surface area contributed by atoms with Crippen molar-refractivity contribution in [3.63, 3.8) is 0 Å². The number of benzene rings is 3. The second-order valence-electron chi connectivity index (χ2n) is 9.18. The SMILES string of the molecule is O=c1c2c3c(sc2nc(SCc2ccccc2)n1Cc1ccccc1)CN(Cc1ccccc1)CC3. The van der Waals surface area contributed by atoms with Crippen molar-refractivity contribution in [2.24, 2.45) is 0 Å². The molecule has 1 aliphatic rings. The van der Waals surface area contributed by atoms with Crippen LogP contribution in [-0.2, 0) is 31.8 Å². The van der Waals surface area contributed by atoms with Crippen LogP contribution in [0.15, 0.2) is 101 Å². The number of thiophene rings is 1. The molecule has 0 aliphatic carbocycles. The van der Waals surface area contributed by atoms with E-state index in [1.807, 2.05) is 28.8 Å². The predicted octanol–water partition coefficient (Wildman–Crippen LogP) is 6.36. The first-order chi connectivity index (χ1) is 17.7. The molecule has 0 unspecified atom stereocenters. The van der Waals surface area contributed by atoms with Crippen molar-refractivity contribution in [3.05, 3.63) is 128 Å². The average Bonchev–Trinajstić information content (AvgIpc) is 3.29. The fourth-order valence-electron chi connectivity index (χ4n) is 4.82. The summed E-state index contributed by atoms with van der Waals surface area (Å²) in [4.78, 5) is 23.7. The van der Waals surface area contributed by atoms with Crippen molar-refractivity contribution in [1.82, 2.24) is 14.5 Å². The summed E-state index contributed by atoms with van der Waals surface area (Å²) in [5, 5.41) is 1.62. The van der Waals surface area contributed by atoms with Crippen LogP contribution in [0, 0.1) is 0 Å². The highest BCUT2D eigenvalue weighted by molar-refractivity contribution is 7.98. The number of rotatable bonds is 7. The lowest BCUT2D eigenvalue weighted by Crippen LogP contribution is -2.30. The van der Waals surface area contributed by atoms with Gasteiger partial charge in [0.15, 0.2) is 5.16 Å². The van der Waals surface area contributed by atoms with Gasteiger partial charge in [-0.3, -0.25) is 14.3 Å². The van der Waals surface area contributed by atoms with Crippen LogP contribution in [0.2, 0.25) is 0 Å². The topological polar surface area (TPSA) is 38.1 Å².